The van der Waals surface area contributed by atoms with Crippen molar-refractivity contribution in [2.75, 3.05) is 13.4 Å². The Bertz CT molecular complexity index is 283. The Kier molecular flexibility index (Phi) is 3.43. The van der Waals surface area contributed by atoms with E-state index < -0.39 is 0 Å². The van der Waals surface area contributed by atoms with Gasteiger partial charge in [-0.1, -0.05) is 16.5 Å². The highest BCUT2D eigenvalue weighted by Gasteiger charge is 2.06. The van der Waals surface area contributed by atoms with Crippen molar-refractivity contribution in [2.24, 2.45) is 5.16 Å². The molecule has 0 atom stereocenters. The molecule has 0 aromatic carbocycles. The molecule has 66 valence electrons. The van der Waals surface area contributed by atoms with Crippen LogP contribution in [0, 0.1) is 0 Å². The van der Waals surface area contributed by atoms with Crippen LogP contribution in [0.2, 0.25) is 0 Å². The number of hydrogen-bond donors (Lipinski definition) is 1. The minimum Gasteiger partial charge on any atom is -0.487 e. The summed E-state index contributed by atoms with van der Waals surface area (Å²) in [5, 5.41) is 12.1. The molecule has 3 nitrogen and oxygen atoms in total. The van der Waals surface area contributed by atoms with E-state index in [0.717, 1.165) is 14.8 Å². The lowest BCUT2D eigenvalue weighted by molar-refractivity contribution is 0.321. The van der Waals surface area contributed by atoms with Gasteiger partial charge in [0.1, 0.15) is 0 Å². The molecule has 0 fully saturated rings. The predicted molar refractivity (Wildman–Crippen MR) is 52.0 cm³/mol. The maximum absolute atomic E-state index is 8.33. The average Bonchev–Trinajstić information content (AvgIpc) is 2.48. The topological polar surface area (TPSA) is 41.8 Å². The van der Waals surface area contributed by atoms with Gasteiger partial charge in [-0.25, -0.2) is 0 Å². The fourth-order valence-electron chi connectivity index (χ4n) is 0.778. The van der Waals surface area contributed by atoms with Gasteiger partial charge < -0.3 is 9.94 Å². The van der Waals surface area contributed by atoms with Crippen LogP contribution < -0.4 is 4.74 Å². The molecule has 0 spiro atoms. The summed E-state index contributed by atoms with van der Waals surface area (Å²) < 4.78 is 6.22. The SMILES string of the molecule is COc1sc(SC)cc1C=NO. The van der Waals surface area contributed by atoms with Gasteiger partial charge in [0.25, 0.3) is 0 Å². The van der Waals surface area contributed by atoms with Crippen molar-refractivity contribution >= 4 is 29.3 Å². The Morgan fingerprint density at radius 3 is 3.00 bits per heavy atom. The Morgan fingerprint density at radius 1 is 1.75 bits per heavy atom. The third-order valence-corrected chi connectivity index (χ3v) is 3.46. The molecule has 1 rings (SSSR count). The summed E-state index contributed by atoms with van der Waals surface area (Å²) in [5.41, 5.74) is 0.814. The van der Waals surface area contributed by atoms with Gasteiger partial charge >= 0.3 is 0 Å². The zero-order valence-electron chi connectivity index (χ0n) is 6.77. The van der Waals surface area contributed by atoms with E-state index in [2.05, 4.69) is 5.16 Å². The first-order valence-electron chi connectivity index (χ1n) is 3.21. The van der Waals surface area contributed by atoms with Gasteiger partial charge in [0.2, 0.25) is 0 Å². The highest BCUT2D eigenvalue weighted by molar-refractivity contribution is 8.00. The summed E-state index contributed by atoms with van der Waals surface area (Å²) in [7, 11) is 1.60. The smallest absolute Gasteiger partial charge is 0.183 e. The summed E-state index contributed by atoms with van der Waals surface area (Å²) in [6.07, 6.45) is 3.36. The van der Waals surface area contributed by atoms with Gasteiger partial charge in [0.15, 0.2) is 5.06 Å². The second-order valence-electron chi connectivity index (χ2n) is 1.96. The first-order valence-corrected chi connectivity index (χ1v) is 5.25. The van der Waals surface area contributed by atoms with Crippen LogP contribution in [-0.2, 0) is 0 Å². The van der Waals surface area contributed by atoms with Crippen LogP contribution in [0.5, 0.6) is 5.06 Å². The molecule has 0 saturated heterocycles. The van der Waals surface area contributed by atoms with E-state index in [0.29, 0.717) is 0 Å². The van der Waals surface area contributed by atoms with Crippen molar-refractivity contribution in [2.45, 2.75) is 4.21 Å². The van der Waals surface area contributed by atoms with E-state index in [4.69, 9.17) is 9.94 Å². The molecule has 1 heterocycles. The molecule has 0 aliphatic carbocycles. The van der Waals surface area contributed by atoms with Gasteiger partial charge in [-0.05, 0) is 12.3 Å². The maximum Gasteiger partial charge on any atom is 0.183 e. The monoisotopic (exact) mass is 203 g/mol. The van der Waals surface area contributed by atoms with Crippen LogP contribution in [0.25, 0.3) is 0 Å². The molecule has 0 aliphatic rings. The summed E-state index contributed by atoms with van der Waals surface area (Å²) in [6.45, 7) is 0. The molecule has 0 radical (unpaired) electrons. The lowest BCUT2D eigenvalue weighted by Crippen LogP contribution is -1.83. The third kappa shape index (κ3) is 1.92. The Morgan fingerprint density at radius 2 is 2.50 bits per heavy atom. The maximum atomic E-state index is 8.33. The Hall–Kier alpha value is -0.680. The number of rotatable bonds is 3. The molecule has 0 aliphatic heterocycles. The number of methoxy groups -OCH3 is 1. The fourth-order valence-corrected chi connectivity index (χ4v) is 2.26. The zero-order chi connectivity index (χ0) is 8.97. The predicted octanol–water partition coefficient (Wildman–Crippen LogP) is 2.29. The van der Waals surface area contributed by atoms with E-state index >= 15 is 0 Å². The molecule has 0 amide bonds. The number of ether oxygens (including phenoxy) is 1. The molecule has 12 heavy (non-hydrogen) atoms. The van der Waals surface area contributed by atoms with Gasteiger partial charge in [0.05, 0.1) is 23.1 Å². The van der Waals surface area contributed by atoms with Crippen LogP contribution in [0.1, 0.15) is 5.56 Å². The van der Waals surface area contributed by atoms with E-state index in [1.165, 1.54) is 17.6 Å². The molecular formula is C7H9NO2S2. The van der Waals surface area contributed by atoms with E-state index in [-0.39, 0.29) is 0 Å². The van der Waals surface area contributed by atoms with Crippen LogP contribution in [0.15, 0.2) is 15.4 Å². The highest BCUT2D eigenvalue weighted by Crippen LogP contribution is 2.34. The average molecular weight is 203 g/mol. The van der Waals surface area contributed by atoms with Crippen molar-refractivity contribution < 1.29 is 9.94 Å². The highest BCUT2D eigenvalue weighted by atomic mass is 32.2. The molecular weight excluding hydrogens is 194 g/mol. The minimum atomic E-state index is 0.775. The van der Waals surface area contributed by atoms with Gasteiger partial charge in [0, 0.05) is 0 Å². The third-order valence-electron chi connectivity index (χ3n) is 1.29. The number of nitrogens with zero attached hydrogens (tertiary/aromatic N) is 1. The van der Waals surface area contributed by atoms with Crippen molar-refractivity contribution in [3.05, 3.63) is 11.6 Å². The van der Waals surface area contributed by atoms with Gasteiger partial charge in [-0.3, -0.25) is 0 Å². The van der Waals surface area contributed by atoms with Crippen molar-refractivity contribution in [1.82, 2.24) is 0 Å². The Balaban J connectivity index is 2.99. The lowest BCUT2D eigenvalue weighted by atomic mass is 10.4. The van der Waals surface area contributed by atoms with Gasteiger partial charge in [-0.2, -0.15) is 0 Å². The van der Waals surface area contributed by atoms with Gasteiger partial charge in [-0.15, -0.1) is 11.8 Å². The van der Waals surface area contributed by atoms with Crippen LogP contribution in [-0.4, -0.2) is 24.8 Å². The lowest BCUT2D eigenvalue weighted by Gasteiger charge is -1.93. The summed E-state index contributed by atoms with van der Waals surface area (Å²) in [5.74, 6) is 0. The first-order chi connectivity index (χ1) is 5.81. The zero-order valence-corrected chi connectivity index (χ0v) is 8.41. The molecule has 5 heteroatoms. The number of oxime groups is 1. The molecule has 0 bridgehead atoms. The quantitative estimate of drug-likeness (QED) is 0.355. The summed E-state index contributed by atoms with van der Waals surface area (Å²) >= 11 is 3.18. The van der Waals surface area contributed by atoms with E-state index in [1.54, 1.807) is 18.9 Å². The number of thioether (sulfide) groups is 1. The molecule has 1 aromatic rings. The van der Waals surface area contributed by atoms with E-state index in [9.17, 15) is 0 Å². The summed E-state index contributed by atoms with van der Waals surface area (Å²) in [6, 6.07) is 1.92. The second kappa shape index (κ2) is 4.37. The molecule has 1 aromatic heterocycles. The normalized spacial score (nSPS) is 10.8. The van der Waals surface area contributed by atoms with Crippen LogP contribution in [0.4, 0.5) is 0 Å². The number of hydrogen-bond acceptors (Lipinski definition) is 5. The number of thiophene rings is 1. The summed E-state index contributed by atoms with van der Waals surface area (Å²) in [4.78, 5) is 0. The van der Waals surface area contributed by atoms with Crippen LogP contribution in [0.3, 0.4) is 0 Å². The second-order valence-corrected chi connectivity index (χ2v) is 4.08. The first kappa shape index (κ1) is 9.41. The fraction of sp³-hybridized carbons (Fsp3) is 0.286. The minimum absolute atomic E-state index is 0.775. The standard InChI is InChI=1S/C7H9NO2S2/c1-10-7-5(4-8-9)3-6(11-2)12-7/h3-4,9H,1-2H3. The van der Waals surface area contributed by atoms with Crippen molar-refractivity contribution in [3.63, 3.8) is 0 Å². The van der Waals surface area contributed by atoms with Crippen LogP contribution >= 0.6 is 23.1 Å². The molecule has 0 saturated carbocycles. The Labute approximate surface area is 79.0 Å². The largest absolute Gasteiger partial charge is 0.487 e. The molecule has 1 N–H and O–H groups in total. The van der Waals surface area contributed by atoms with Crippen molar-refractivity contribution in [3.8, 4) is 5.06 Å². The van der Waals surface area contributed by atoms with E-state index in [1.807, 2.05) is 12.3 Å². The van der Waals surface area contributed by atoms with Crippen molar-refractivity contribution in [1.29, 1.82) is 0 Å². The molecule has 0 unspecified atom stereocenters.